The Morgan fingerprint density at radius 3 is 2.48 bits per heavy atom. The number of urea groups is 1. The van der Waals surface area contributed by atoms with Gasteiger partial charge in [0.05, 0.1) is 5.25 Å². The van der Waals surface area contributed by atoms with Crippen LogP contribution in [0.4, 0.5) is 18.0 Å². The van der Waals surface area contributed by atoms with Crippen LogP contribution >= 0.6 is 11.8 Å². The summed E-state index contributed by atoms with van der Waals surface area (Å²) in [4.78, 5) is 29.5. The number of nitrogens with one attached hydrogen (secondary N) is 1. The molecule has 0 aliphatic carbocycles. The highest BCUT2D eigenvalue weighted by Gasteiger charge is 2.33. The monoisotopic (exact) mass is 322 g/mol. The number of aromatic nitrogens is 2. The molecule has 116 valence electrons. The lowest BCUT2D eigenvalue weighted by molar-refractivity contribution is -0.141. The second-order valence-electron chi connectivity index (χ2n) is 4.36. The zero-order chi connectivity index (χ0) is 16.2. The fourth-order valence-electron chi connectivity index (χ4n) is 1.35. The van der Waals surface area contributed by atoms with Crippen LogP contribution in [0.3, 0.4) is 0 Å². The van der Waals surface area contributed by atoms with Crippen molar-refractivity contribution in [3.05, 3.63) is 18.0 Å². The minimum Gasteiger partial charge on any atom is -0.351 e. The van der Waals surface area contributed by atoms with Crippen LogP contribution in [0.2, 0.25) is 0 Å². The number of primary amides is 1. The normalized spacial score (nSPS) is 13.0. The molecule has 6 nitrogen and oxygen atoms in total. The number of rotatable bonds is 4. The van der Waals surface area contributed by atoms with Crippen LogP contribution in [0, 0.1) is 5.92 Å². The van der Waals surface area contributed by atoms with Crippen LogP contribution in [-0.4, -0.2) is 27.2 Å². The highest BCUT2D eigenvalue weighted by Crippen LogP contribution is 2.30. The van der Waals surface area contributed by atoms with Crippen LogP contribution in [0.25, 0.3) is 0 Å². The minimum absolute atomic E-state index is 0.205. The Morgan fingerprint density at radius 1 is 1.38 bits per heavy atom. The molecule has 1 rings (SSSR count). The summed E-state index contributed by atoms with van der Waals surface area (Å²) in [5.74, 6) is -0.976. The summed E-state index contributed by atoms with van der Waals surface area (Å²) in [5.41, 5.74) is 3.75. The van der Waals surface area contributed by atoms with E-state index in [4.69, 9.17) is 5.73 Å². The van der Waals surface area contributed by atoms with E-state index in [1.165, 1.54) is 0 Å². The molecule has 10 heteroatoms. The number of imide groups is 1. The molecular formula is C11H13F3N4O2S. The van der Waals surface area contributed by atoms with Gasteiger partial charge in [-0.05, 0) is 12.0 Å². The number of carbonyl (C=O) groups excluding carboxylic acids is 2. The first kappa shape index (κ1) is 17.2. The molecule has 0 bridgehead atoms. The lowest BCUT2D eigenvalue weighted by Crippen LogP contribution is -2.42. The fourth-order valence-corrected chi connectivity index (χ4v) is 2.29. The largest absolute Gasteiger partial charge is 0.433 e. The third kappa shape index (κ3) is 5.21. The van der Waals surface area contributed by atoms with E-state index in [0.717, 1.165) is 24.0 Å². The number of nitrogens with two attached hydrogens (primary N) is 1. The predicted molar refractivity (Wildman–Crippen MR) is 69.2 cm³/mol. The molecule has 3 N–H and O–H groups in total. The van der Waals surface area contributed by atoms with E-state index in [1.54, 1.807) is 13.8 Å². The molecule has 0 aliphatic heterocycles. The lowest BCUT2D eigenvalue weighted by Gasteiger charge is -2.18. The van der Waals surface area contributed by atoms with Gasteiger partial charge in [-0.15, -0.1) is 0 Å². The first-order valence-electron chi connectivity index (χ1n) is 5.78. The Labute approximate surface area is 122 Å². The van der Waals surface area contributed by atoms with Crippen molar-refractivity contribution < 1.29 is 22.8 Å². The maximum Gasteiger partial charge on any atom is 0.433 e. The quantitative estimate of drug-likeness (QED) is 0.651. The van der Waals surface area contributed by atoms with Crippen molar-refractivity contribution in [3.63, 3.8) is 0 Å². The third-order valence-corrected chi connectivity index (χ3v) is 3.69. The molecule has 0 aromatic carbocycles. The summed E-state index contributed by atoms with van der Waals surface area (Å²) in [6, 6.07) is -0.297. The van der Waals surface area contributed by atoms with Gasteiger partial charge in [-0.25, -0.2) is 14.8 Å². The van der Waals surface area contributed by atoms with Crippen LogP contribution in [0.1, 0.15) is 19.5 Å². The van der Waals surface area contributed by atoms with Crippen molar-refractivity contribution >= 4 is 23.7 Å². The third-order valence-electron chi connectivity index (χ3n) is 2.27. The van der Waals surface area contributed by atoms with E-state index in [9.17, 15) is 22.8 Å². The van der Waals surface area contributed by atoms with Crippen molar-refractivity contribution in [2.45, 2.75) is 30.4 Å². The first-order chi connectivity index (χ1) is 9.61. The van der Waals surface area contributed by atoms with E-state index < -0.39 is 29.1 Å². The van der Waals surface area contributed by atoms with E-state index in [0.29, 0.717) is 0 Å². The number of alkyl halides is 3. The predicted octanol–water partition coefficient (Wildman–Crippen LogP) is 1.81. The summed E-state index contributed by atoms with van der Waals surface area (Å²) >= 11 is 0.735. The van der Waals surface area contributed by atoms with Gasteiger partial charge >= 0.3 is 12.2 Å². The standard InChI is InChI=1S/C11H13F3N4O2S/c1-5(2)7(8(19)18-9(15)20)21-10-16-4-3-6(17-10)11(12,13)14/h3-5,7H,1-2H3,(H3,15,18,19,20). The summed E-state index contributed by atoms with van der Waals surface area (Å²) in [7, 11) is 0. The number of hydrogen-bond acceptors (Lipinski definition) is 5. The van der Waals surface area contributed by atoms with Gasteiger partial charge in [-0.1, -0.05) is 25.6 Å². The maximum atomic E-state index is 12.6. The Balaban J connectivity index is 2.95. The first-order valence-corrected chi connectivity index (χ1v) is 6.66. The Bertz CT molecular complexity index is 536. The zero-order valence-corrected chi connectivity index (χ0v) is 12.0. The van der Waals surface area contributed by atoms with E-state index in [2.05, 4.69) is 9.97 Å². The molecule has 0 spiro atoms. The fraction of sp³-hybridized carbons (Fsp3) is 0.455. The molecule has 0 saturated carbocycles. The van der Waals surface area contributed by atoms with E-state index in [1.807, 2.05) is 5.32 Å². The number of halogens is 3. The Morgan fingerprint density at radius 2 is 2.00 bits per heavy atom. The number of hydrogen-bond donors (Lipinski definition) is 2. The molecule has 0 aliphatic rings. The highest BCUT2D eigenvalue weighted by molar-refractivity contribution is 8.00. The molecule has 3 amide bonds. The number of nitrogens with zero attached hydrogens (tertiary/aromatic N) is 2. The van der Waals surface area contributed by atoms with Gasteiger partial charge < -0.3 is 5.73 Å². The SMILES string of the molecule is CC(C)C(Sc1nccc(C(F)(F)F)n1)C(=O)NC(N)=O. The number of carbonyl (C=O) groups is 2. The topological polar surface area (TPSA) is 98.0 Å². The van der Waals surface area contributed by atoms with Crippen molar-refractivity contribution in [1.82, 2.24) is 15.3 Å². The molecule has 0 radical (unpaired) electrons. The average molecular weight is 322 g/mol. The lowest BCUT2D eigenvalue weighted by atomic mass is 10.1. The van der Waals surface area contributed by atoms with Gasteiger partial charge in [0.2, 0.25) is 5.91 Å². The molecule has 1 atom stereocenters. The van der Waals surface area contributed by atoms with Crippen molar-refractivity contribution in [2.75, 3.05) is 0 Å². The van der Waals surface area contributed by atoms with Crippen molar-refractivity contribution in [2.24, 2.45) is 11.7 Å². The van der Waals surface area contributed by atoms with E-state index >= 15 is 0 Å². The summed E-state index contributed by atoms with van der Waals surface area (Å²) in [6.45, 7) is 3.34. The summed E-state index contributed by atoms with van der Waals surface area (Å²) < 4.78 is 37.7. The van der Waals surface area contributed by atoms with Gasteiger partial charge in [-0.2, -0.15) is 13.2 Å². The molecule has 1 unspecified atom stereocenters. The van der Waals surface area contributed by atoms with Gasteiger partial charge in [-0.3, -0.25) is 10.1 Å². The zero-order valence-electron chi connectivity index (χ0n) is 11.1. The molecule has 1 heterocycles. The Kier molecular flexibility index (Phi) is 5.53. The van der Waals surface area contributed by atoms with Gasteiger partial charge in [0.1, 0.15) is 5.69 Å². The highest BCUT2D eigenvalue weighted by atomic mass is 32.2. The molecule has 0 saturated heterocycles. The van der Waals surface area contributed by atoms with Crippen LogP contribution < -0.4 is 11.1 Å². The summed E-state index contributed by atoms with van der Waals surface area (Å²) in [5, 5.41) is 0.839. The van der Waals surface area contributed by atoms with Crippen LogP contribution in [-0.2, 0) is 11.0 Å². The van der Waals surface area contributed by atoms with E-state index in [-0.39, 0.29) is 11.1 Å². The van der Waals surface area contributed by atoms with Crippen LogP contribution in [0.15, 0.2) is 17.4 Å². The number of thioether (sulfide) groups is 1. The molecular weight excluding hydrogens is 309 g/mol. The second kappa shape index (κ2) is 6.74. The van der Waals surface area contributed by atoms with Crippen LogP contribution in [0.5, 0.6) is 0 Å². The van der Waals surface area contributed by atoms with Crippen molar-refractivity contribution in [1.29, 1.82) is 0 Å². The maximum absolute atomic E-state index is 12.6. The van der Waals surface area contributed by atoms with Crippen molar-refractivity contribution in [3.8, 4) is 0 Å². The van der Waals surface area contributed by atoms with Gasteiger partial charge in [0.25, 0.3) is 0 Å². The molecule has 21 heavy (non-hydrogen) atoms. The Hall–Kier alpha value is -1.84. The smallest absolute Gasteiger partial charge is 0.351 e. The minimum atomic E-state index is -4.60. The average Bonchev–Trinajstić information content (AvgIpc) is 2.34. The number of amides is 3. The molecule has 1 aromatic heterocycles. The van der Waals surface area contributed by atoms with Gasteiger partial charge in [0.15, 0.2) is 5.16 Å². The molecule has 0 fully saturated rings. The van der Waals surface area contributed by atoms with Gasteiger partial charge in [0, 0.05) is 6.20 Å². The second-order valence-corrected chi connectivity index (χ2v) is 5.47. The molecule has 1 aromatic rings. The summed E-state index contributed by atoms with van der Waals surface area (Å²) in [6.07, 6.45) is -3.64.